The van der Waals surface area contributed by atoms with E-state index in [0.29, 0.717) is 5.75 Å². The van der Waals surface area contributed by atoms with Crippen LogP contribution in [0.1, 0.15) is 5.56 Å². The van der Waals surface area contributed by atoms with E-state index in [1.165, 1.54) is 20.3 Å². The van der Waals surface area contributed by atoms with Crippen LogP contribution in [0, 0.1) is 0 Å². The van der Waals surface area contributed by atoms with Crippen LogP contribution in [-0.2, 0) is 16.6 Å². The van der Waals surface area contributed by atoms with Gasteiger partial charge in [0.15, 0.2) is 0 Å². The third-order valence-electron chi connectivity index (χ3n) is 3.64. The predicted molar refractivity (Wildman–Crippen MR) is 88.8 cm³/mol. The van der Waals surface area contributed by atoms with E-state index < -0.39 is 10.0 Å². The number of nitrogens with one attached hydrogen (secondary N) is 1. The van der Waals surface area contributed by atoms with Crippen molar-refractivity contribution in [1.82, 2.24) is 14.3 Å². The van der Waals surface area contributed by atoms with Gasteiger partial charge in [0.2, 0.25) is 10.0 Å². The summed E-state index contributed by atoms with van der Waals surface area (Å²) in [5, 5.41) is 4.13. The Morgan fingerprint density at radius 1 is 1.17 bits per heavy atom. The number of methoxy groups -OCH3 is 2. The van der Waals surface area contributed by atoms with Crippen molar-refractivity contribution in [1.29, 1.82) is 0 Å². The fourth-order valence-corrected chi connectivity index (χ4v) is 3.60. The molecular formula is C16H17N3O4S. The molecule has 0 unspecified atom stereocenters. The second-order valence-corrected chi connectivity index (χ2v) is 6.77. The molecule has 0 aliphatic rings. The van der Waals surface area contributed by atoms with Gasteiger partial charge in [-0.1, -0.05) is 6.07 Å². The van der Waals surface area contributed by atoms with Crippen molar-refractivity contribution in [2.24, 2.45) is 0 Å². The van der Waals surface area contributed by atoms with Crippen molar-refractivity contribution >= 4 is 15.5 Å². The third kappa shape index (κ3) is 3.06. The Hall–Kier alpha value is -2.58. The van der Waals surface area contributed by atoms with Crippen LogP contribution in [0.4, 0.5) is 0 Å². The van der Waals surface area contributed by atoms with Crippen LogP contribution in [0.15, 0.2) is 53.7 Å². The largest absolute Gasteiger partial charge is 0.497 e. The van der Waals surface area contributed by atoms with Crippen molar-refractivity contribution in [2.45, 2.75) is 11.4 Å². The average Bonchev–Trinajstić information content (AvgIpc) is 3.08. The summed E-state index contributed by atoms with van der Waals surface area (Å²) in [7, 11) is -0.868. The van der Waals surface area contributed by atoms with Gasteiger partial charge >= 0.3 is 0 Å². The second kappa shape index (κ2) is 6.50. The van der Waals surface area contributed by atoms with Gasteiger partial charge in [-0.2, -0.15) is 5.10 Å². The zero-order chi connectivity index (χ0) is 17.2. The summed E-state index contributed by atoms with van der Waals surface area (Å²) in [6.07, 6.45) is 3.47. The highest BCUT2D eigenvalue weighted by Gasteiger charge is 2.20. The van der Waals surface area contributed by atoms with Gasteiger partial charge in [-0.3, -0.25) is 0 Å². The summed E-state index contributed by atoms with van der Waals surface area (Å²) in [4.78, 5) is 0.0322. The third-order valence-corrected chi connectivity index (χ3v) is 5.06. The number of aromatic nitrogens is 2. The molecule has 1 N–H and O–H groups in total. The molecule has 0 saturated carbocycles. The lowest BCUT2D eigenvalue weighted by Gasteiger charge is -2.12. The SMILES string of the molecule is COc1ccc(OC)c(S(=O)(=O)NCc2cccn3nccc23)c1. The van der Waals surface area contributed by atoms with Crippen molar-refractivity contribution < 1.29 is 17.9 Å². The van der Waals surface area contributed by atoms with Crippen molar-refractivity contribution in [3.05, 3.63) is 54.4 Å². The van der Waals surface area contributed by atoms with Gasteiger partial charge < -0.3 is 9.47 Å². The van der Waals surface area contributed by atoms with Gasteiger partial charge in [-0.05, 0) is 29.8 Å². The maximum Gasteiger partial charge on any atom is 0.244 e. The lowest BCUT2D eigenvalue weighted by Crippen LogP contribution is -2.24. The van der Waals surface area contributed by atoms with Gasteiger partial charge in [0.1, 0.15) is 16.4 Å². The molecule has 0 amide bonds. The lowest BCUT2D eigenvalue weighted by atomic mass is 10.2. The van der Waals surface area contributed by atoms with Crippen molar-refractivity contribution in [3.8, 4) is 11.5 Å². The Kier molecular flexibility index (Phi) is 4.41. The maximum atomic E-state index is 12.7. The maximum absolute atomic E-state index is 12.7. The molecule has 126 valence electrons. The molecule has 2 aromatic heterocycles. The van der Waals surface area contributed by atoms with E-state index in [2.05, 4.69) is 9.82 Å². The Morgan fingerprint density at radius 3 is 2.75 bits per heavy atom. The highest BCUT2D eigenvalue weighted by molar-refractivity contribution is 7.89. The number of hydrogen-bond acceptors (Lipinski definition) is 5. The van der Waals surface area contributed by atoms with Crippen LogP contribution in [0.5, 0.6) is 11.5 Å². The number of sulfonamides is 1. The average molecular weight is 347 g/mol. The molecule has 0 saturated heterocycles. The highest BCUT2D eigenvalue weighted by atomic mass is 32.2. The molecule has 7 nitrogen and oxygen atoms in total. The Labute approximate surface area is 139 Å². The molecule has 0 bridgehead atoms. The van der Waals surface area contributed by atoms with Gasteiger partial charge in [-0.15, -0.1) is 0 Å². The number of pyridine rings is 1. The molecule has 0 fully saturated rings. The fraction of sp³-hybridized carbons (Fsp3) is 0.188. The molecule has 0 radical (unpaired) electrons. The number of nitrogens with zero attached hydrogens (tertiary/aromatic N) is 2. The van der Waals surface area contributed by atoms with Crippen LogP contribution >= 0.6 is 0 Å². The normalized spacial score (nSPS) is 11.6. The summed E-state index contributed by atoms with van der Waals surface area (Å²) in [5.74, 6) is 0.694. The first-order valence-electron chi connectivity index (χ1n) is 7.18. The van der Waals surface area contributed by atoms with Crippen molar-refractivity contribution in [2.75, 3.05) is 14.2 Å². The molecule has 0 aliphatic heterocycles. The lowest BCUT2D eigenvalue weighted by molar-refractivity contribution is 0.392. The van der Waals surface area contributed by atoms with Crippen LogP contribution < -0.4 is 14.2 Å². The molecule has 3 rings (SSSR count). The van der Waals surface area contributed by atoms with E-state index in [1.54, 1.807) is 29.0 Å². The highest BCUT2D eigenvalue weighted by Crippen LogP contribution is 2.28. The minimum atomic E-state index is -3.77. The van der Waals surface area contributed by atoms with E-state index >= 15 is 0 Å². The van der Waals surface area contributed by atoms with Crippen LogP contribution in [-0.4, -0.2) is 32.3 Å². The quantitative estimate of drug-likeness (QED) is 0.736. The van der Waals surface area contributed by atoms with E-state index in [0.717, 1.165) is 11.1 Å². The monoisotopic (exact) mass is 347 g/mol. The first-order valence-corrected chi connectivity index (χ1v) is 8.66. The molecule has 0 spiro atoms. The Balaban J connectivity index is 1.90. The van der Waals surface area contributed by atoms with E-state index in [1.807, 2.05) is 18.2 Å². The van der Waals surface area contributed by atoms with Crippen LogP contribution in [0.25, 0.3) is 5.52 Å². The number of ether oxygens (including phenoxy) is 2. The second-order valence-electron chi connectivity index (χ2n) is 5.04. The van der Waals surface area contributed by atoms with Crippen molar-refractivity contribution in [3.63, 3.8) is 0 Å². The molecule has 2 heterocycles. The van der Waals surface area contributed by atoms with Gasteiger partial charge in [0, 0.05) is 25.0 Å². The summed E-state index contributed by atoms with van der Waals surface area (Å²) in [6.45, 7) is 0.138. The Morgan fingerprint density at radius 2 is 2.00 bits per heavy atom. The van der Waals surface area contributed by atoms with Gasteiger partial charge in [0.25, 0.3) is 0 Å². The first-order chi connectivity index (χ1) is 11.5. The molecule has 0 aliphatic carbocycles. The molecule has 3 aromatic rings. The topological polar surface area (TPSA) is 81.9 Å². The van der Waals surface area contributed by atoms with E-state index in [4.69, 9.17) is 9.47 Å². The number of benzene rings is 1. The summed E-state index contributed by atoms with van der Waals surface area (Å²) in [6, 6.07) is 10.1. The first kappa shape index (κ1) is 16.3. The molecular weight excluding hydrogens is 330 g/mol. The Bertz CT molecular complexity index is 966. The van der Waals surface area contributed by atoms with Crippen LogP contribution in [0.3, 0.4) is 0 Å². The zero-order valence-electron chi connectivity index (χ0n) is 13.3. The molecule has 8 heteroatoms. The van der Waals surface area contributed by atoms with E-state index in [-0.39, 0.29) is 17.2 Å². The smallest absolute Gasteiger partial charge is 0.244 e. The predicted octanol–water partition coefficient (Wildman–Crippen LogP) is 1.83. The van der Waals surface area contributed by atoms with E-state index in [9.17, 15) is 8.42 Å². The summed E-state index contributed by atoms with van der Waals surface area (Å²) < 4.78 is 39.9. The molecule has 0 atom stereocenters. The summed E-state index contributed by atoms with van der Waals surface area (Å²) >= 11 is 0. The summed E-state index contributed by atoms with van der Waals surface area (Å²) in [5.41, 5.74) is 1.67. The minimum absolute atomic E-state index is 0.0322. The fourth-order valence-electron chi connectivity index (χ4n) is 2.41. The molecule has 24 heavy (non-hydrogen) atoms. The molecule has 1 aromatic carbocycles. The zero-order valence-corrected chi connectivity index (χ0v) is 14.1. The number of fused-ring (bicyclic) bond motifs is 1. The minimum Gasteiger partial charge on any atom is -0.497 e. The van der Waals surface area contributed by atoms with Crippen LogP contribution in [0.2, 0.25) is 0 Å². The standard InChI is InChI=1S/C16H17N3O4S/c1-22-13-5-6-15(23-2)16(10-13)24(20,21)18-11-12-4-3-9-19-14(12)7-8-17-19/h3-10,18H,11H2,1-2H3. The number of rotatable bonds is 6. The van der Waals surface area contributed by atoms with Gasteiger partial charge in [0.05, 0.1) is 19.7 Å². The number of hydrogen-bond donors (Lipinski definition) is 1. The van der Waals surface area contributed by atoms with Gasteiger partial charge in [-0.25, -0.2) is 17.7 Å².